The zero-order valence-corrected chi connectivity index (χ0v) is 9.52. The number of hydrogen-bond acceptors (Lipinski definition) is 5. The zero-order chi connectivity index (χ0) is 11.5. The first kappa shape index (κ1) is 11.1. The van der Waals surface area contributed by atoms with Gasteiger partial charge in [0.05, 0.1) is 0 Å². The average molecular weight is 243 g/mol. The van der Waals surface area contributed by atoms with Gasteiger partial charge in [-0.25, -0.2) is 9.67 Å². The lowest BCUT2D eigenvalue weighted by Gasteiger charge is -2.26. The Morgan fingerprint density at radius 3 is 2.75 bits per heavy atom. The van der Waals surface area contributed by atoms with Crippen molar-refractivity contribution in [1.29, 1.82) is 0 Å². The van der Waals surface area contributed by atoms with E-state index < -0.39 is 10.8 Å². The molecule has 16 heavy (non-hydrogen) atoms. The molecule has 1 aromatic heterocycles. The smallest absolute Gasteiger partial charge is 0.244 e. The molecule has 0 radical (unpaired) electrons. The fraction of sp³-hybridized carbons (Fsp3) is 0.625. The van der Waals surface area contributed by atoms with Crippen molar-refractivity contribution in [3.8, 4) is 0 Å². The Hall–Kier alpha value is -1.44. The summed E-state index contributed by atoms with van der Waals surface area (Å²) in [5.41, 5.74) is 5.34. The van der Waals surface area contributed by atoms with Crippen molar-refractivity contribution < 1.29 is 9.00 Å². The van der Waals surface area contributed by atoms with Crippen molar-refractivity contribution in [2.24, 2.45) is 0 Å². The minimum absolute atomic E-state index is 0.0402. The van der Waals surface area contributed by atoms with E-state index in [9.17, 15) is 9.00 Å². The van der Waals surface area contributed by atoms with Crippen LogP contribution in [0.2, 0.25) is 0 Å². The van der Waals surface area contributed by atoms with Crippen LogP contribution in [0, 0.1) is 0 Å². The third kappa shape index (κ3) is 2.57. The molecular formula is C8H13N5O2S. The van der Waals surface area contributed by atoms with Gasteiger partial charge in [-0.2, -0.15) is 0 Å². The molecule has 0 aliphatic carbocycles. The quantitative estimate of drug-likeness (QED) is 0.678. The number of rotatable bonds is 2. The highest BCUT2D eigenvalue weighted by Crippen LogP contribution is 2.02. The molecule has 0 aromatic carbocycles. The summed E-state index contributed by atoms with van der Waals surface area (Å²) in [6.07, 6.45) is 1.43. The molecule has 1 aromatic rings. The molecule has 2 heterocycles. The SMILES string of the molecule is Nc1ncn(CC(=O)N2CCS(=O)CC2)n1. The molecule has 1 amide bonds. The number of hydrogen-bond donors (Lipinski definition) is 1. The third-order valence-corrected chi connectivity index (χ3v) is 3.66. The topological polar surface area (TPSA) is 94.1 Å². The van der Waals surface area contributed by atoms with Crippen molar-refractivity contribution in [1.82, 2.24) is 19.7 Å². The van der Waals surface area contributed by atoms with Gasteiger partial charge in [-0.15, -0.1) is 5.10 Å². The summed E-state index contributed by atoms with van der Waals surface area (Å²) in [5, 5.41) is 3.84. The highest BCUT2D eigenvalue weighted by atomic mass is 32.2. The number of aromatic nitrogens is 3. The molecule has 1 fully saturated rings. The number of nitrogens with zero attached hydrogens (tertiary/aromatic N) is 4. The maximum absolute atomic E-state index is 11.8. The number of carbonyl (C=O) groups is 1. The van der Waals surface area contributed by atoms with Crippen molar-refractivity contribution in [2.75, 3.05) is 30.3 Å². The molecular weight excluding hydrogens is 230 g/mol. The Bertz CT molecular complexity index is 408. The van der Waals surface area contributed by atoms with Gasteiger partial charge >= 0.3 is 0 Å². The second kappa shape index (κ2) is 4.60. The summed E-state index contributed by atoms with van der Waals surface area (Å²) < 4.78 is 12.5. The van der Waals surface area contributed by atoms with Crippen LogP contribution in [0.25, 0.3) is 0 Å². The summed E-state index contributed by atoms with van der Waals surface area (Å²) in [4.78, 5) is 17.2. The summed E-state index contributed by atoms with van der Waals surface area (Å²) in [6, 6.07) is 0. The Labute approximate surface area is 95.1 Å². The van der Waals surface area contributed by atoms with E-state index in [-0.39, 0.29) is 18.4 Å². The van der Waals surface area contributed by atoms with E-state index in [1.165, 1.54) is 11.0 Å². The molecule has 0 bridgehead atoms. The first-order valence-corrected chi connectivity index (χ1v) is 6.41. The van der Waals surface area contributed by atoms with E-state index in [1.807, 2.05) is 0 Å². The zero-order valence-electron chi connectivity index (χ0n) is 8.70. The lowest BCUT2D eigenvalue weighted by atomic mass is 10.4. The van der Waals surface area contributed by atoms with Gasteiger partial charge in [0.2, 0.25) is 11.9 Å². The van der Waals surface area contributed by atoms with E-state index in [2.05, 4.69) is 10.1 Å². The van der Waals surface area contributed by atoms with Crippen LogP contribution in [0.4, 0.5) is 5.95 Å². The number of nitrogen functional groups attached to an aromatic ring is 1. The monoisotopic (exact) mass is 243 g/mol. The fourth-order valence-corrected chi connectivity index (χ4v) is 2.56. The predicted molar refractivity (Wildman–Crippen MR) is 58.9 cm³/mol. The maximum atomic E-state index is 11.8. The molecule has 1 aliphatic heterocycles. The van der Waals surface area contributed by atoms with E-state index >= 15 is 0 Å². The van der Waals surface area contributed by atoms with Crippen molar-refractivity contribution in [3.05, 3.63) is 6.33 Å². The molecule has 7 nitrogen and oxygen atoms in total. The second-order valence-corrected chi connectivity index (χ2v) is 5.23. The highest BCUT2D eigenvalue weighted by molar-refractivity contribution is 7.85. The number of carbonyl (C=O) groups excluding carboxylic acids is 1. The molecule has 2 rings (SSSR count). The number of nitrogens with two attached hydrogens (primary N) is 1. The van der Waals surface area contributed by atoms with Crippen LogP contribution in [0.3, 0.4) is 0 Å². The minimum atomic E-state index is -0.768. The normalized spacial score (nSPS) is 17.6. The van der Waals surface area contributed by atoms with Crippen LogP contribution in [-0.2, 0) is 22.1 Å². The van der Waals surface area contributed by atoms with Crippen molar-refractivity contribution in [3.63, 3.8) is 0 Å². The van der Waals surface area contributed by atoms with E-state index in [0.717, 1.165) is 0 Å². The minimum Gasteiger partial charge on any atom is -0.367 e. The standard InChI is InChI=1S/C8H13N5O2S/c9-8-10-6-13(11-8)5-7(14)12-1-3-16(15)4-2-12/h6H,1-5H2,(H2,9,11). The number of anilines is 1. The van der Waals surface area contributed by atoms with E-state index in [1.54, 1.807) is 4.90 Å². The number of amides is 1. The van der Waals surface area contributed by atoms with Gasteiger partial charge in [0.25, 0.3) is 0 Å². The van der Waals surface area contributed by atoms with Gasteiger partial charge in [0.1, 0.15) is 12.9 Å². The van der Waals surface area contributed by atoms with Crippen LogP contribution < -0.4 is 5.73 Å². The van der Waals surface area contributed by atoms with E-state index in [4.69, 9.17) is 5.73 Å². The summed E-state index contributed by atoms with van der Waals surface area (Å²) >= 11 is 0. The van der Waals surface area contributed by atoms with Crippen LogP contribution in [-0.4, -0.2) is 54.4 Å². The summed E-state index contributed by atoms with van der Waals surface area (Å²) in [6.45, 7) is 1.24. The average Bonchev–Trinajstić information content (AvgIpc) is 2.65. The Morgan fingerprint density at radius 2 is 2.19 bits per heavy atom. The summed E-state index contributed by atoms with van der Waals surface area (Å²) in [7, 11) is -0.768. The van der Waals surface area contributed by atoms with Gasteiger partial charge in [-0.1, -0.05) is 0 Å². The van der Waals surface area contributed by atoms with Crippen LogP contribution >= 0.6 is 0 Å². The van der Waals surface area contributed by atoms with Gasteiger partial charge in [0.15, 0.2) is 0 Å². The van der Waals surface area contributed by atoms with Gasteiger partial charge in [0, 0.05) is 35.4 Å². The predicted octanol–water partition coefficient (Wildman–Crippen LogP) is -1.55. The molecule has 1 aliphatic rings. The molecule has 0 saturated carbocycles. The lowest BCUT2D eigenvalue weighted by Crippen LogP contribution is -2.43. The van der Waals surface area contributed by atoms with Crippen LogP contribution in [0.1, 0.15) is 0 Å². The Kier molecular flexibility index (Phi) is 3.18. The highest BCUT2D eigenvalue weighted by Gasteiger charge is 2.20. The van der Waals surface area contributed by atoms with Gasteiger partial charge < -0.3 is 10.6 Å². The fourth-order valence-electron chi connectivity index (χ4n) is 1.51. The molecule has 88 valence electrons. The molecule has 8 heteroatoms. The van der Waals surface area contributed by atoms with E-state index in [0.29, 0.717) is 24.6 Å². The largest absolute Gasteiger partial charge is 0.367 e. The first-order chi connectivity index (χ1) is 7.65. The Morgan fingerprint density at radius 1 is 1.50 bits per heavy atom. The van der Waals surface area contributed by atoms with Crippen molar-refractivity contribution in [2.45, 2.75) is 6.54 Å². The van der Waals surface area contributed by atoms with Gasteiger partial charge in [-0.05, 0) is 0 Å². The van der Waals surface area contributed by atoms with Crippen LogP contribution in [0.5, 0.6) is 0 Å². The molecule has 0 unspecified atom stereocenters. The van der Waals surface area contributed by atoms with Crippen LogP contribution in [0.15, 0.2) is 6.33 Å². The Balaban J connectivity index is 1.91. The van der Waals surface area contributed by atoms with Crippen molar-refractivity contribution >= 4 is 22.7 Å². The molecule has 0 atom stereocenters. The van der Waals surface area contributed by atoms with Gasteiger partial charge in [-0.3, -0.25) is 9.00 Å². The first-order valence-electron chi connectivity index (χ1n) is 4.93. The molecule has 2 N–H and O–H groups in total. The lowest BCUT2D eigenvalue weighted by molar-refractivity contribution is -0.131. The third-order valence-electron chi connectivity index (χ3n) is 2.38. The molecule has 0 spiro atoms. The second-order valence-electron chi connectivity index (χ2n) is 3.53. The summed E-state index contributed by atoms with van der Waals surface area (Å²) in [5.74, 6) is 1.24. The molecule has 1 saturated heterocycles. The maximum Gasteiger partial charge on any atom is 0.244 e.